The van der Waals surface area contributed by atoms with Gasteiger partial charge in [-0.1, -0.05) is 26.0 Å². The van der Waals surface area contributed by atoms with Gasteiger partial charge in [0.15, 0.2) is 0 Å². The van der Waals surface area contributed by atoms with Crippen molar-refractivity contribution >= 4 is 27.4 Å². The number of benzene rings is 1. The maximum absolute atomic E-state index is 4.47. The number of hydrogen-bond acceptors (Lipinski definition) is 2. The minimum Gasteiger partial charge on any atom is -0.340 e. The van der Waals surface area contributed by atoms with Crippen LogP contribution in [0.2, 0.25) is 0 Å². The number of pyridine rings is 1. The third-order valence-corrected chi connectivity index (χ3v) is 3.71. The molecule has 0 aliphatic rings. The van der Waals surface area contributed by atoms with Crippen LogP contribution in [0, 0.1) is 6.92 Å². The Bertz CT molecular complexity index is 533. The van der Waals surface area contributed by atoms with Crippen LogP contribution in [0.25, 0.3) is 0 Å². The third kappa shape index (κ3) is 3.10. The number of aromatic nitrogens is 1. The average molecular weight is 305 g/mol. The zero-order valence-corrected chi connectivity index (χ0v) is 12.5. The van der Waals surface area contributed by atoms with Gasteiger partial charge >= 0.3 is 0 Å². The standard InChI is InChI=1S/C15H17BrN2/c1-10(2)12-4-6-13(7-5-12)18-15-9-8-14(16)11(3)17-15/h4-10H,1-3H3,(H,17,18). The first-order chi connectivity index (χ1) is 8.56. The minimum atomic E-state index is 0.562. The van der Waals surface area contributed by atoms with Crippen molar-refractivity contribution in [2.75, 3.05) is 5.32 Å². The maximum atomic E-state index is 4.47. The highest BCUT2D eigenvalue weighted by Gasteiger charge is 2.01. The van der Waals surface area contributed by atoms with Gasteiger partial charge in [-0.15, -0.1) is 0 Å². The molecule has 0 bridgehead atoms. The molecule has 0 radical (unpaired) electrons. The van der Waals surface area contributed by atoms with Crippen LogP contribution in [0.5, 0.6) is 0 Å². The van der Waals surface area contributed by atoms with E-state index in [1.54, 1.807) is 0 Å². The molecular formula is C15H17BrN2. The van der Waals surface area contributed by atoms with Crippen molar-refractivity contribution in [2.45, 2.75) is 26.7 Å². The Kier molecular flexibility index (Phi) is 4.02. The fourth-order valence-corrected chi connectivity index (χ4v) is 1.93. The van der Waals surface area contributed by atoms with Crippen molar-refractivity contribution in [3.8, 4) is 0 Å². The molecule has 2 nitrogen and oxygen atoms in total. The van der Waals surface area contributed by atoms with Crippen LogP contribution >= 0.6 is 15.9 Å². The van der Waals surface area contributed by atoms with Gasteiger partial charge in [0, 0.05) is 10.2 Å². The summed E-state index contributed by atoms with van der Waals surface area (Å²) in [7, 11) is 0. The predicted molar refractivity (Wildman–Crippen MR) is 80.5 cm³/mol. The Balaban J connectivity index is 2.15. The predicted octanol–water partition coefficient (Wildman–Crippen LogP) is 5.02. The summed E-state index contributed by atoms with van der Waals surface area (Å²) >= 11 is 3.45. The highest BCUT2D eigenvalue weighted by molar-refractivity contribution is 9.10. The van der Waals surface area contributed by atoms with Crippen LogP contribution in [-0.2, 0) is 0 Å². The van der Waals surface area contributed by atoms with E-state index in [4.69, 9.17) is 0 Å². The lowest BCUT2D eigenvalue weighted by atomic mass is 10.0. The largest absolute Gasteiger partial charge is 0.340 e. The summed E-state index contributed by atoms with van der Waals surface area (Å²) in [6.45, 7) is 6.38. The van der Waals surface area contributed by atoms with Gasteiger partial charge in [-0.25, -0.2) is 4.98 Å². The Morgan fingerprint density at radius 3 is 2.28 bits per heavy atom. The molecule has 3 heteroatoms. The van der Waals surface area contributed by atoms with Gasteiger partial charge in [-0.3, -0.25) is 0 Å². The second-order valence-corrected chi connectivity index (χ2v) is 5.52. The zero-order chi connectivity index (χ0) is 13.1. The number of nitrogens with zero attached hydrogens (tertiary/aromatic N) is 1. The zero-order valence-electron chi connectivity index (χ0n) is 10.9. The highest BCUT2D eigenvalue weighted by atomic mass is 79.9. The molecule has 18 heavy (non-hydrogen) atoms. The molecule has 0 aliphatic carbocycles. The van der Waals surface area contributed by atoms with E-state index in [1.807, 2.05) is 19.1 Å². The summed E-state index contributed by atoms with van der Waals surface area (Å²) in [4.78, 5) is 4.47. The second-order valence-electron chi connectivity index (χ2n) is 4.67. The topological polar surface area (TPSA) is 24.9 Å². The number of halogens is 1. The molecule has 0 amide bonds. The fourth-order valence-electron chi connectivity index (χ4n) is 1.71. The minimum absolute atomic E-state index is 0.562. The van der Waals surface area contributed by atoms with Crippen LogP contribution in [0.3, 0.4) is 0 Å². The normalized spacial score (nSPS) is 10.7. The van der Waals surface area contributed by atoms with E-state index >= 15 is 0 Å². The Hall–Kier alpha value is -1.35. The molecule has 0 aliphatic heterocycles. The number of aryl methyl sites for hydroxylation is 1. The lowest BCUT2D eigenvalue weighted by molar-refractivity contribution is 0.867. The van der Waals surface area contributed by atoms with E-state index in [1.165, 1.54) is 5.56 Å². The number of nitrogens with one attached hydrogen (secondary N) is 1. The second kappa shape index (κ2) is 5.53. The average Bonchev–Trinajstić information content (AvgIpc) is 2.34. The van der Waals surface area contributed by atoms with Gasteiger partial charge in [0.1, 0.15) is 5.82 Å². The van der Waals surface area contributed by atoms with Crippen molar-refractivity contribution in [3.63, 3.8) is 0 Å². The summed E-state index contributed by atoms with van der Waals surface area (Å²) in [6, 6.07) is 12.5. The lowest BCUT2D eigenvalue weighted by Crippen LogP contribution is -1.96. The molecule has 1 N–H and O–H groups in total. The molecule has 0 saturated carbocycles. The molecule has 1 aromatic heterocycles. The van der Waals surface area contributed by atoms with Crippen molar-refractivity contribution in [2.24, 2.45) is 0 Å². The summed E-state index contributed by atoms with van der Waals surface area (Å²) < 4.78 is 1.03. The quantitative estimate of drug-likeness (QED) is 0.861. The first-order valence-electron chi connectivity index (χ1n) is 6.06. The van der Waals surface area contributed by atoms with Crippen LogP contribution in [0.1, 0.15) is 31.0 Å². The van der Waals surface area contributed by atoms with Gasteiger partial charge in [-0.05, 0) is 58.6 Å². The summed E-state index contributed by atoms with van der Waals surface area (Å²) in [5.41, 5.74) is 3.40. The maximum Gasteiger partial charge on any atom is 0.130 e. The Morgan fingerprint density at radius 2 is 1.72 bits per heavy atom. The molecule has 0 spiro atoms. The molecule has 2 rings (SSSR count). The Labute approximate surface area is 117 Å². The van der Waals surface area contributed by atoms with E-state index in [2.05, 4.69) is 64.3 Å². The molecule has 0 unspecified atom stereocenters. The Morgan fingerprint density at radius 1 is 1.06 bits per heavy atom. The molecule has 1 heterocycles. The third-order valence-electron chi connectivity index (χ3n) is 2.87. The lowest BCUT2D eigenvalue weighted by Gasteiger charge is -2.09. The molecule has 0 saturated heterocycles. The first-order valence-corrected chi connectivity index (χ1v) is 6.85. The SMILES string of the molecule is Cc1nc(Nc2ccc(C(C)C)cc2)ccc1Br. The van der Waals surface area contributed by atoms with E-state index in [0.29, 0.717) is 5.92 Å². The van der Waals surface area contributed by atoms with Crippen molar-refractivity contribution in [3.05, 3.63) is 52.1 Å². The van der Waals surface area contributed by atoms with Crippen molar-refractivity contribution in [1.82, 2.24) is 4.98 Å². The molecule has 1 aromatic carbocycles. The van der Waals surface area contributed by atoms with Gasteiger partial charge in [0.05, 0.1) is 5.69 Å². The molecule has 94 valence electrons. The van der Waals surface area contributed by atoms with Gasteiger partial charge in [0.2, 0.25) is 0 Å². The number of anilines is 2. The highest BCUT2D eigenvalue weighted by Crippen LogP contribution is 2.21. The van der Waals surface area contributed by atoms with E-state index < -0.39 is 0 Å². The number of rotatable bonds is 3. The van der Waals surface area contributed by atoms with Crippen LogP contribution < -0.4 is 5.32 Å². The van der Waals surface area contributed by atoms with Crippen molar-refractivity contribution in [1.29, 1.82) is 0 Å². The summed E-state index contributed by atoms with van der Waals surface area (Å²) in [5, 5.41) is 3.31. The fraction of sp³-hybridized carbons (Fsp3) is 0.267. The molecule has 2 aromatic rings. The summed E-state index contributed by atoms with van der Waals surface area (Å²) in [5.74, 6) is 1.43. The monoisotopic (exact) mass is 304 g/mol. The molecule has 0 fully saturated rings. The molecular weight excluding hydrogens is 288 g/mol. The van der Waals surface area contributed by atoms with Crippen LogP contribution in [0.15, 0.2) is 40.9 Å². The van der Waals surface area contributed by atoms with E-state index in [9.17, 15) is 0 Å². The van der Waals surface area contributed by atoms with Gasteiger partial charge in [0.25, 0.3) is 0 Å². The van der Waals surface area contributed by atoms with E-state index in [-0.39, 0.29) is 0 Å². The van der Waals surface area contributed by atoms with Crippen molar-refractivity contribution < 1.29 is 0 Å². The molecule has 0 atom stereocenters. The van der Waals surface area contributed by atoms with Crippen LogP contribution in [0.4, 0.5) is 11.5 Å². The smallest absolute Gasteiger partial charge is 0.130 e. The van der Waals surface area contributed by atoms with Crippen LogP contribution in [-0.4, -0.2) is 4.98 Å². The van der Waals surface area contributed by atoms with Gasteiger partial charge < -0.3 is 5.32 Å². The van der Waals surface area contributed by atoms with Gasteiger partial charge in [-0.2, -0.15) is 0 Å². The van der Waals surface area contributed by atoms with E-state index in [0.717, 1.165) is 21.7 Å². The number of hydrogen-bond donors (Lipinski definition) is 1. The first kappa shape index (κ1) is 13.1. The summed E-state index contributed by atoms with van der Waals surface area (Å²) in [6.07, 6.45) is 0.